The predicted molar refractivity (Wildman–Crippen MR) is 88.3 cm³/mol. The van der Waals surface area contributed by atoms with Crippen molar-refractivity contribution in [2.45, 2.75) is 12.6 Å². The molecule has 0 bridgehead atoms. The van der Waals surface area contributed by atoms with Gasteiger partial charge in [-0.1, -0.05) is 28.6 Å². The zero-order valence-corrected chi connectivity index (χ0v) is 13.5. The molecule has 0 radical (unpaired) electrons. The molecule has 6 heteroatoms. The number of nitrogens with zero attached hydrogens (tertiary/aromatic N) is 2. The van der Waals surface area contributed by atoms with Crippen LogP contribution in [0, 0.1) is 0 Å². The number of nitrogens with one attached hydrogen (secondary N) is 1. The van der Waals surface area contributed by atoms with Gasteiger partial charge in [0.1, 0.15) is 6.54 Å². The maximum Gasteiger partial charge on any atom is 0.246 e. The van der Waals surface area contributed by atoms with Crippen LogP contribution in [0.4, 0.5) is 0 Å². The van der Waals surface area contributed by atoms with E-state index in [1.807, 2.05) is 35.0 Å². The molecule has 1 N–H and O–H groups in total. The number of fused-ring (bicyclic) bond motifs is 1. The fourth-order valence-corrected chi connectivity index (χ4v) is 2.95. The Hall–Kier alpha value is -2.08. The second kappa shape index (κ2) is 5.96. The van der Waals surface area contributed by atoms with Crippen molar-refractivity contribution in [2.75, 3.05) is 13.1 Å². The van der Waals surface area contributed by atoms with Gasteiger partial charge >= 0.3 is 0 Å². The summed E-state index contributed by atoms with van der Waals surface area (Å²) in [5.41, 5.74) is 1.02. The lowest BCUT2D eigenvalue weighted by Gasteiger charge is -2.38. The summed E-state index contributed by atoms with van der Waals surface area (Å²) >= 11 is 3.45. The molecule has 1 saturated heterocycles. The number of rotatable bonds is 4. The Morgan fingerprint density at radius 2 is 2.14 bits per heavy atom. The minimum absolute atomic E-state index is 0.0324. The first-order valence-electron chi connectivity index (χ1n) is 7.02. The zero-order chi connectivity index (χ0) is 15.7. The molecule has 22 heavy (non-hydrogen) atoms. The Kier molecular flexibility index (Phi) is 4.02. The lowest BCUT2D eigenvalue weighted by Crippen LogP contribution is -2.61. The van der Waals surface area contributed by atoms with E-state index in [1.165, 1.54) is 6.08 Å². The summed E-state index contributed by atoms with van der Waals surface area (Å²) in [4.78, 5) is 25.1. The molecular weight excluding hydrogens is 346 g/mol. The van der Waals surface area contributed by atoms with Crippen molar-refractivity contribution in [3.05, 3.63) is 47.6 Å². The lowest BCUT2D eigenvalue weighted by atomic mass is 10.1. The van der Waals surface area contributed by atoms with E-state index in [4.69, 9.17) is 0 Å². The largest absolute Gasteiger partial charge is 0.348 e. The van der Waals surface area contributed by atoms with Crippen LogP contribution >= 0.6 is 15.9 Å². The second-order valence-corrected chi connectivity index (χ2v) is 6.27. The average molecular weight is 362 g/mol. The van der Waals surface area contributed by atoms with Gasteiger partial charge in [-0.05, 0) is 29.7 Å². The first-order chi connectivity index (χ1) is 10.6. The summed E-state index contributed by atoms with van der Waals surface area (Å²) in [5, 5.41) is 4.04. The van der Waals surface area contributed by atoms with Crippen molar-refractivity contribution in [1.29, 1.82) is 0 Å². The van der Waals surface area contributed by atoms with E-state index < -0.39 is 0 Å². The maximum absolute atomic E-state index is 12.1. The normalized spacial score (nSPS) is 14.7. The average Bonchev–Trinajstić information content (AvgIpc) is 2.84. The first kappa shape index (κ1) is 14.8. The summed E-state index contributed by atoms with van der Waals surface area (Å²) in [6.45, 7) is 4.82. The molecule has 1 aliphatic rings. The molecule has 114 valence electrons. The summed E-state index contributed by atoms with van der Waals surface area (Å²) < 4.78 is 2.90. The predicted octanol–water partition coefficient (Wildman–Crippen LogP) is 1.92. The smallest absolute Gasteiger partial charge is 0.246 e. The van der Waals surface area contributed by atoms with Gasteiger partial charge in [0.15, 0.2) is 0 Å². The summed E-state index contributed by atoms with van der Waals surface area (Å²) in [6.07, 6.45) is 3.20. The zero-order valence-electron chi connectivity index (χ0n) is 12.0. The third-order valence-electron chi connectivity index (χ3n) is 3.78. The van der Waals surface area contributed by atoms with Gasteiger partial charge < -0.3 is 14.8 Å². The number of amides is 2. The second-order valence-electron chi connectivity index (χ2n) is 5.36. The monoisotopic (exact) mass is 361 g/mol. The Balaban J connectivity index is 1.59. The molecule has 5 nitrogen and oxygen atoms in total. The van der Waals surface area contributed by atoms with E-state index in [-0.39, 0.29) is 24.4 Å². The van der Waals surface area contributed by atoms with Crippen LogP contribution in [0.2, 0.25) is 0 Å². The van der Waals surface area contributed by atoms with Crippen molar-refractivity contribution in [3.8, 4) is 0 Å². The number of aromatic nitrogens is 1. The molecule has 0 saturated carbocycles. The summed E-state index contributed by atoms with van der Waals surface area (Å²) in [5.74, 6) is -0.139. The molecule has 1 fully saturated rings. The van der Waals surface area contributed by atoms with Gasteiger partial charge in [0.05, 0.1) is 6.04 Å². The topological polar surface area (TPSA) is 54.3 Å². The van der Waals surface area contributed by atoms with Crippen molar-refractivity contribution < 1.29 is 9.59 Å². The molecule has 1 aromatic carbocycles. The Morgan fingerprint density at radius 3 is 2.86 bits per heavy atom. The van der Waals surface area contributed by atoms with Gasteiger partial charge in [0.2, 0.25) is 11.8 Å². The molecule has 3 rings (SSSR count). The molecule has 2 heterocycles. The number of carbonyl (C=O) groups excluding carboxylic acids is 2. The minimum atomic E-state index is -0.0910. The molecule has 2 amide bonds. The lowest BCUT2D eigenvalue weighted by molar-refractivity contribution is -0.133. The van der Waals surface area contributed by atoms with Gasteiger partial charge in [-0.15, -0.1) is 0 Å². The number of hydrogen-bond acceptors (Lipinski definition) is 2. The van der Waals surface area contributed by atoms with E-state index in [0.29, 0.717) is 13.1 Å². The molecule has 1 aromatic heterocycles. The highest BCUT2D eigenvalue weighted by atomic mass is 79.9. The molecule has 0 atom stereocenters. The Labute approximate surface area is 136 Å². The van der Waals surface area contributed by atoms with Gasteiger partial charge in [-0.3, -0.25) is 9.59 Å². The van der Waals surface area contributed by atoms with E-state index >= 15 is 0 Å². The van der Waals surface area contributed by atoms with Crippen LogP contribution in [0.5, 0.6) is 0 Å². The van der Waals surface area contributed by atoms with Crippen LogP contribution in [0.15, 0.2) is 47.6 Å². The van der Waals surface area contributed by atoms with Gasteiger partial charge in [-0.25, -0.2) is 0 Å². The molecule has 0 aliphatic carbocycles. The van der Waals surface area contributed by atoms with Crippen molar-refractivity contribution in [3.63, 3.8) is 0 Å². The van der Waals surface area contributed by atoms with Crippen LogP contribution in [-0.4, -0.2) is 40.4 Å². The van der Waals surface area contributed by atoms with Crippen LogP contribution in [-0.2, 0) is 16.1 Å². The van der Waals surface area contributed by atoms with E-state index in [9.17, 15) is 9.59 Å². The van der Waals surface area contributed by atoms with Crippen LogP contribution in [0.1, 0.15) is 0 Å². The number of benzene rings is 1. The van der Waals surface area contributed by atoms with Crippen molar-refractivity contribution in [2.24, 2.45) is 0 Å². The third kappa shape index (κ3) is 2.92. The third-order valence-corrected chi connectivity index (χ3v) is 4.28. The van der Waals surface area contributed by atoms with Crippen LogP contribution in [0.25, 0.3) is 10.9 Å². The maximum atomic E-state index is 12.1. The molecule has 2 aromatic rings. The SMILES string of the molecule is C=CC(=O)N1CC(NC(=O)Cn2ccc3ccc(Br)cc32)C1. The molecule has 0 unspecified atom stereocenters. The highest BCUT2D eigenvalue weighted by molar-refractivity contribution is 9.10. The van der Waals surface area contributed by atoms with E-state index in [0.717, 1.165) is 15.4 Å². The summed E-state index contributed by atoms with van der Waals surface area (Å²) in [7, 11) is 0. The fourth-order valence-electron chi connectivity index (χ4n) is 2.60. The molecule has 1 aliphatic heterocycles. The Bertz CT molecular complexity index is 747. The van der Waals surface area contributed by atoms with Crippen molar-refractivity contribution >= 4 is 38.6 Å². The molecule has 0 spiro atoms. The van der Waals surface area contributed by atoms with E-state index in [2.05, 4.69) is 27.8 Å². The van der Waals surface area contributed by atoms with Crippen LogP contribution < -0.4 is 5.32 Å². The van der Waals surface area contributed by atoms with Gasteiger partial charge in [0.25, 0.3) is 0 Å². The Morgan fingerprint density at radius 1 is 1.36 bits per heavy atom. The van der Waals surface area contributed by atoms with Gasteiger partial charge in [0, 0.05) is 29.3 Å². The molecular formula is C16H16BrN3O2. The minimum Gasteiger partial charge on any atom is -0.348 e. The highest BCUT2D eigenvalue weighted by Crippen LogP contribution is 2.20. The first-order valence-corrected chi connectivity index (χ1v) is 7.81. The quantitative estimate of drug-likeness (QED) is 0.845. The van der Waals surface area contributed by atoms with Crippen molar-refractivity contribution in [1.82, 2.24) is 14.8 Å². The number of halogens is 1. The fraction of sp³-hybridized carbons (Fsp3) is 0.250. The number of carbonyl (C=O) groups is 2. The highest BCUT2D eigenvalue weighted by Gasteiger charge is 2.30. The summed E-state index contributed by atoms with van der Waals surface area (Å²) in [6, 6.07) is 8.01. The van der Waals surface area contributed by atoms with E-state index in [1.54, 1.807) is 4.90 Å². The standard InChI is InChI=1S/C16H16BrN3O2/c1-2-16(22)20-8-13(9-20)18-15(21)10-19-6-5-11-3-4-12(17)7-14(11)19/h2-7,13H,1,8-10H2,(H,18,21). The number of hydrogen-bond donors (Lipinski definition) is 1. The van der Waals surface area contributed by atoms with Crippen LogP contribution in [0.3, 0.4) is 0 Å². The number of likely N-dealkylation sites (tertiary alicyclic amines) is 1. The van der Waals surface area contributed by atoms with Gasteiger partial charge in [-0.2, -0.15) is 0 Å².